The second-order valence-corrected chi connectivity index (χ2v) is 5.43. The minimum atomic E-state index is -0.819. The van der Waals surface area contributed by atoms with Gasteiger partial charge < -0.3 is 19.5 Å². The van der Waals surface area contributed by atoms with Crippen molar-refractivity contribution >= 4 is 23.6 Å². The van der Waals surface area contributed by atoms with Crippen LogP contribution in [0.3, 0.4) is 0 Å². The molecule has 0 fully saturated rings. The second-order valence-electron chi connectivity index (χ2n) is 4.38. The Labute approximate surface area is 134 Å². The zero-order valence-corrected chi connectivity index (χ0v) is 13.8. The van der Waals surface area contributed by atoms with Gasteiger partial charge in [0, 0.05) is 18.6 Å². The van der Waals surface area contributed by atoms with Crippen molar-refractivity contribution < 1.29 is 23.8 Å². The highest BCUT2D eigenvalue weighted by molar-refractivity contribution is 8.00. The van der Waals surface area contributed by atoms with Crippen LogP contribution in [-0.4, -0.2) is 51.1 Å². The predicted octanol–water partition coefficient (Wildman–Crippen LogP) is 1.48. The Morgan fingerprint density at radius 3 is 2.50 bits per heavy atom. The monoisotopic (exact) mass is 327 g/mol. The molecule has 0 aliphatic carbocycles. The van der Waals surface area contributed by atoms with Crippen molar-refractivity contribution in [2.24, 2.45) is 0 Å². The number of methoxy groups -OCH3 is 2. The average Bonchev–Trinajstić information content (AvgIpc) is 2.53. The lowest BCUT2D eigenvalue weighted by molar-refractivity contribution is -0.152. The topological polar surface area (TPSA) is 73.9 Å². The molecule has 1 atom stereocenters. The van der Waals surface area contributed by atoms with E-state index in [1.54, 1.807) is 14.2 Å². The molecule has 1 rings (SSSR count). The first kappa shape index (κ1) is 18.3. The lowest BCUT2D eigenvalue weighted by Gasteiger charge is -2.13. The SMILES string of the molecule is COCCNC(=O)[C@@H](C)OC(=O)CSc1ccc(OC)cc1. The van der Waals surface area contributed by atoms with E-state index in [2.05, 4.69) is 5.32 Å². The molecule has 0 aliphatic heterocycles. The van der Waals surface area contributed by atoms with Gasteiger partial charge in [-0.1, -0.05) is 0 Å². The largest absolute Gasteiger partial charge is 0.497 e. The third-order valence-corrected chi connectivity index (χ3v) is 3.68. The summed E-state index contributed by atoms with van der Waals surface area (Å²) in [7, 11) is 3.14. The Balaban J connectivity index is 2.31. The van der Waals surface area contributed by atoms with Gasteiger partial charge in [0.15, 0.2) is 6.10 Å². The quantitative estimate of drug-likeness (QED) is 0.421. The second kappa shape index (κ2) is 10.1. The first-order valence-electron chi connectivity index (χ1n) is 6.79. The molecule has 122 valence electrons. The van der Waals surface area contributed by atoms with Crippen molar-refractivity contribution in [3.63, 3.8) is 0 Å². The van der Waals surface area contributed by atoms with Crippen molar-refractivity contribution in [1.29, 1.82) is 0 Å². The third kappa shape index (κ3) is 6.82. The molecule has 1 aromatic rings. The number of ether oxygens (including phenoxy) is 3. The Kier molecular flexibility index (Phi) is 8.39. The van der Waals surface area contributed by atoms with E-state index in [4.69, 9.17) is 14.2 Å². The van der Waals surface area contributed by atoms with Crippen LogP contribution in [0.1, 0.15) is 6.92 Å². The van der Waals surface area contributed by atoms with Gasteiger partial charge in [0.2, 0.25) is 0 Å². The number of hydrogen-bond acceptors (Lipinski definition) is 6. The fourth-order valence-electron chi connectivity index (χ4n) is 1.52. The lowest BCUT2D eigenvalue weighted by Crippen LogP contribution is -2.37. The van der Waals surface area contributed by atoms with Gasteiger partial charge in [0.05, 0.1) is 19.5 Å². The predicted molar refractivity (Wildman–Crippen MR) is 84.2 cm³/mol. The van der Waals surface area contributed by atoms with Crippen LogP contribution in [0.5, 0.6) is 5.75 Å². The highest BCUT2D eigenvalue weighted by atomic mass is 32.2. The number of nitrogens with one attached hydrogen (secondary N) is 1. The highest BCUT2D eigenvalue weighted by Gasteiger charge is 2.17. The van der Waals surface area contributed by atoms with E-state index < -0.39 is 12.1 Å². The van der Waals surface area contributed by atoms with Crippen LogP contribution in [0.25, 0.3) is 0 Å². The van der Waals surface area contributed by atoms with Gasteiger partial charge in [-0.3, -0.25) is 9.59 Å². The molecule has 0 bridgehead atoms. The van der Waals surface area contributed by atoms with Crippen molar-refractivity contribution in [3.8, 4) is 5.75 Å². The maximum Gasteiger partial charge on any atom is 0.317 e. The number of carbonyl (C=O) groups is 2. The van der Waals surface area contributed by atoms with E-state index >= 15 is 0 Å². The van der Waals surface area contributed by atoms with Gasteiger partial charge in [-0.25, -0.2) is 0 Å². The molecule has 22 heavy (non-hydrogen) atoms. The van der Waals surface area contributed by atoms with Crippen molar-refractivity contribution in [1.82, 2.24) is 5.32 Å². The van der Waals surface area contributed by atoms with Crippen LogP contribution >= 0.6 is 11.8 Å². The van der Waals surface area contributed by atoms with Crippen LogP contribution in [0.15, 0.2) is 29.2 Å². The number of thioether (sulfide) groups is 1. The lowest BCUT2D eigenvalue weighted by atomic mass is 10.3. The fourth-order valence-corrected chi connectivity index (χ4v) is 2.20. The number of benzene rings is 1. The smallest absolute Gasteiger partial charge is 0.317 e. The van der Waals surface area contributed by atoms with Crippen LogP contribution in [-0.2, 0) is 19.1 Å². The summed E-state index contributed by atoms with van der Waals surface area (Å²) in [5.41, 5.74) is 0. The maximum absolute atomic E-state index is 11.7. The van der Waals surface area contributed by atoms with Crippen molar-refractivity contribution in [3.05, 3.63) is 24.3 Å². The molecule has 1 amide bonds. The summed E-state index contributed by atoms with van der Waals surface area (Å²) in [5, 5.41) is 2.61. The van der Waals surface area contributed by atoms with E-state index in [-0.39, 0.29) is 11.7 Å². The van der Waals surface area contributed by atoms with E-state index in [9.17, 15) is 9.59 Å². The summed E-state index contributed by atoms with van der Waals surface area (Å²) in [4.78, 5) is 24.3. The first-order chi connectivity index (χ1) is 10.6. The summed E-state index contributed by atoms with van der Waals surface area (Å²) < 4.78 is 15.0. The Morgan fingerprint density at radius 2 is 1.91 bits per heavy atom. The van der Waals surface area contributed by atoms with E-state index in [1.807, 2.05) is 24.3 Å². The molecule has 0 radical (unpaired) electrons. The Bertz CT molecular complexity index is 477. The number of carbonyl (C=O) groups excluding carboxylic acids is 2. The van der Waals surface area contributed by atoms with E-state index in [1.165, 1.54) is 18.7 Å². The van der Waals surface area contributed by atoms with Crippen molar-refractivity contribution in [2.75, 3.05) is 33.1 Å². The van der Waals surface area contributed by atoms with Crippen LogP contribution in [0.2, 0.25) is 0 Å². The maximum atomic E-state index is 11.7. The summed E-state index contributed by atoms with van der Waals surface area (Å²) in [6.45, 7) is 2.34. The summed E-state index contributed by atoms with van der Waals surface area (Å²) in [6, 6.07) is 7.36. The summed E-state index contributed by atoms with van der Waals surface area (Å²) in [5.74, 6) is 0.130. The zero-order chi connectivity index (χ0) is 16.4. The molecule has 0 saturated carbocycles. The highest BCUT2D eigenvalue weighted by Crippen LogP contribution is 2.21. The normalized spacial score (nSPS) is 11.6. The fraction of sp³-hybridized carbons (Fsp3) is 0.467. The van der Waals surface area contributed by atoms with E-state index in [0.29, 0.717) is 13.2 Å². The molecule has 0 heterocycles. The van der Waals surface area contributed by atoms with Crippen LogP contribution in [0.4, 0.5) is 0 Å². The van der Waals surface area contributed by atoms with Crippen molar-refractivity contribution in [2.45, 2.75) is 17.9 Å². The first-order valence-corrected chi connectivity index (χ1v) is 7.78. The van der Waals surface area contributed by atoms with Gasteiger partial charge in [0.1, 0.15) is 5.75 Å². The molecule has 0 saturated heterocycles. The van der Waals surface area contributed by atoms with Gasteiger partial charge in [-0.15, -0.1) is 11.8 Å². The minimum Gasteiger partial charge on any atom is -0.497 e. The molecule has 6 nitrogen and oxygen atoms in total. The standard InChI is InChI=1S/C15H21NO5S/c1-11(15(18)16-8-9-19-2)21-14(17)10-22-13-6-4-12(20-3)5-7-13/h4-7,11H,8-10H2,1-3H3,(H,16,18)/t11-/m1/s1. The van der Waals surface area contributed by atoms with Crippen LogP contribution < -0.4 is 10.1 Å². The number of esters is 1. The molecule has 1 N–H and O–H groups in total. The molecular weight excluding hydrogens is 306 g/mol. The van der Waals surface area contributed by atoms with Crippen LogP contribution in [0, 0.1) is 0 Å². The Hall–Kier alpha value is -1.73. The number of hydrogen-bond donors (Lipinski definition) is 1. The zero-order valence-electron chi connectivity index (χ0n) is 13.0. The summed E-state index contributed by atoms with van der Waals surface area (Å²) in [6.07, 6.45) is -0.819. The molecule has 0 aromatic heterocycles. The van der Waals surface area contributed by atoms with E-state index in [0.717, 1.165) is 10.6 Å². The molecule has 0 aliphatic rings. The molecular formula is C15H21NO5S. The van der Waals surface area contributed by atoms with Gasteiger partial charge in [0.25, 0.3) is 5.91 Å². The minimum absolute atomic E-state index is 0.141. The van der Waals surface area contributed by atoms with Gasteiger partial charge >= 0.3 is 5.97 Å². The summed E-state index contributed by atoms with van der Waals surface area (Å²) >= 11 is 1.34. The van der Waals surface area contributed by atoms with Gasteiger partial charge in [-0.05, 0) is 31.2 Å². The third-order valence-electron chi connectivity index (χ3n) is 2.70. The molecule has 0 unspecified atom stereocenters. The molecule has 0 spiro atoms. The average molecular weight is 327 g/mol. The Morgan fingerprint density at radius 1 is 1.23 bits per heavy atom. The number of amides is 1. The van der Waals surface area contributed by atoms with Gasteiger partial charge in [-0.2, -0.15) is 0 Å². The molecule has 7 heteroatoms. The molecule has 1 aromatic carbocycles. The number of rotatable bonds is 9.